The van der Waals surface area contributed by atoms with Crippen molar-refractivity contribution in [1.82, 2.24) is 15.3 Å². The van der Waals surface area contributed by atoms with Crippen LogP contribution < -0.4 is 11.0 Å². The van der Waals surface area contributed by atoms with E-state index in [0.717, 1.165) is 24.6 Å². The lowest BCUT2D eigenvalue weighted by molar-refractivity contribution is -0.119. The first-order chi connectivity index (χ1) is 12.9. The molecule has 1 atom stereocenters. The van der Waals surface area contributed by atoms with Crippen LogP contribution in [-0.4, -0.2) is 40.7 Å². The molecule has 7 nitrogen and oxygen atoms in total. The highest BCUT2D eigenvalue weighted by molar-refractivity contribution is 8.00. The second-order valence-electron chi connectivity index (χ2n) is 6.12. The number of aromatic nitrogens is 2. The molecule has 0 aliphatic carbocycles. The molecule has 0 saturated heterocycles. The van der Waals surface area contributed by atoms with Crippen molar-refractivity contribution in [2.24, 2.45) is 0 Å². The van der Waals surface area contributed by atoms with Gasteiger partial charge < -0.3 is 15.0 Å². The predicted molar refractivity (Wildman–Crippen MR) is 104 cm³/mol. The van der Waals surface area contributed by atoms with Crippen LogP contribution in [0.3, 0.4) is 0 Å². The van der Waals surface area contributed by atoms with Gasteiger partial charge in [-0.1, -0.05) is 42.1 Å². The number of nitrogens with one attached hydrogen (secondary N) is 2. The topological polar surface area (TPSA) is 101 Å². The van der Waals surface area contributed by atoms with E-state index in [1.54, 1.807) is 6.92 Å². The number of methoxy groups -OCH3 is 1. The monoisotopic (exact) mass is 389 g/mol. The number of aromatic amines is 1. The lowest BCUT2D eigenvalue weighted by atomic mass is 10.1. The number of ether oxygens (including phenoxy) is 1. The lowest BCUT2D eigenvalue weighted by Crippen LogP contribution is -2.34. The maximum Gasteiger partial charge on any atom is 0.346 e. The average Bonchev–Trinajstić information content (AvgIpc) is 2.64. The van der Waals surface area contributed by atoms with Gasteiger partial charge in [-0.2, -0.15) is 4.98 Å². The van der Waals surface area contributed by atoms with E-state index < -0.39 is 11.7 Å². The van der Waals surface area contributed by atoms with Crippen LogP contribution in [0.15, 0.2) is 40.2 Å². The van der Waals surface area contributed by atoms with Crippen LogP contribution in [0.25, 0.3) is 0 Å². The Morgan fingerprint density at radius 3 is 2.67 bits per heavy atom. The molecular weight excluding hydrogens is 366 g/mol. The number of nitrogens with zero attached hydrogens (tertiary/aromatic N) is 1. The molecule has 0 radical (unpaired) electrons. The maximum atomic E-state index is 12.2. The lowest BCUT2D eigenvalue weighted by Gasteiger charge is -2.14. The molecule has 0 fully saturated rings. The van der Waals surface area contributed by atoms with E-state index in [2.05, 4.69) is 27.4 Å². The summed E-state index contributed by atoms with van der Waals surface area (Å²) in [6.07, 6.45) is 1.69. The molecule has 0 spiro atoms. The largest absolute Gasteiger partial charge is 0.465 e. The van der Waals surface area contributed by atoms with Gasteiger partial charge >= 0.3 is 11.7 Å². The van der Waals surface area contributed by atoms with Crippen LogP contribution >= 0.6 is 11.8 Å². The third kappa shape index (κ3) is 6.25. The molecule has 144 valence electrons. The van der Waals surface area contributed by atoms with Crippen molar-refractivity contribution < 1.29 is 14.3 Å². The number of esters is 1. The zero-order valence-electron chi connectivity index (χ0n) is 15.6. The average molecular weight is 389 g/mol. The summed E-state index contributed by atoms with van der Waals surface area (Å²) in [7, 11) is 1.25. The summed E-state index contributed by atoms with van der Waals surface area (Å²) in [5.74, 6) is -0.734. The Morgan fingerprint density at radius 2 is 2.00 bits per heavy atom. The molecule has 0 aliphatic heterocycles. The summed E-state index contributed by atoms with van der Waals surface area (Å²) in [5.41, 5.74) is 1.19. The van der Waals surface area contributed by atoms with E-state index >= 15 is 0 Å². The predicted octanol–water partition coefficient (Wildman–Crippen LogP) is 2.09. The Labute approximate surface area is 161 Å². The first-order valence-electron chi connectivity index (χ1n) is 8.56. The zero-order chi connectivity index (χ0) is 19.8. The van der Waals surface area contributed by atoms with Crippen molar-refractivity contribution in [3.63, 3.8) is 0 Å². The highest BCUT2D eigenvalue weighted by Crippen LogP contribution is 2.21. The van der Waals surface area contributed by atoms with Gasteiger partial charge in [-0.05, 0) is 32.3 Å². The van der Waals surface area contributed by atoms with E-state index in [1.807, 2.05) is 25.1 Å². The van der Waals surface area contributed by atoms with Crippen molar-refractivity contribution in [3.8, 4) is 0 Å². The van der Waals surface area contributed by atoms with Crippen molar-refractivity contribution >= 4 is 23.6 Å². The number of aryl methyl sites for hydroxylation is 2. The van der Waals surface area contributed by atoms with Gasteiger partial charge in [-0.3, -0.25) is 4.79 Å². The maximum absolute atomic E-state index is 12.2. The normalized spacial score (nSPS) is 11.7. The van der Waals surface area contributed by atoms with Crippen molar-refractivity contribution in [3.05, 3.63) is 57.6 Å². The highest BCUT2D eigenvalue weighted by Gasteiger charge is 2.19. The van der Waals surface area contributed by atoms with Gasteiger partial charge in [0.25, 0.3) is 0 Å². The Bertz CT molecular complexity index is 852. The van der Waals surface area contributed by atoms with Crippen LogP contribution in [0.5, 0.6) is 0 Å². The number of hydrogen-bond acceptors (Lipinski definition) is 6. The van der Waals surface area contributed by atoms with Gasteiger partial charge in [0.05, 0.1) is 12.9 Å². The third-order valence-electron chi connectivity index (χ3n) is 3.93. The number of benzene rings is 1. The number of carbonyl (C=O) groups excluding carboxylic acids is 2. The van der Waals surface area contributed by atoms with Crippen molar-refractivity contribution in [2.45, 2.75) is 37.8 Å². The van der Waals surface area contributed by atoms with Crippen LogP contribution in [-0.2, 0) is 16.0 Å². The smallest absolute Gasteiger partial charge is 0.346 e. The summed E-state index contributed by atoms with van der Waals surface area (Å²) < 4.78 is 4.73. The molecule has 1 aromatic carbocycles. The molecular formula is C19H23N3O4S. The van der Waals surface area contributed by atoms with Crippen molar-refractivity contribution in [1.29, 1.82) is 0 Å². The molecule has 0 bridgehead atoms. The van der Waals surface area contributed by atoms with Crippen LogP contribution in [0.4, 0.5) is 0 Å². The number of thioether (sulfide) groups is 1. The van der Waals surface area contributed by atoms with Crippen molar-refractivity contribution in [2.75, 3.05) is 12.9 Å². The van der Waals surface area contributed by atoms with Crippen LogP contribution in [0.2, 0.25) is 0 Å². The van der Waals surface area contributed by atoms with Gasteiger partial charge in [-0.25, -0.2) is 9.59 Å². The SMILES string of the molecule is COC(=O)c1c(SCC(=O)N[C@H](C)CCc2ccccc2)nc(=O)[nH]c1C. The Morgan fingerprint density at radius 1 is 1.30 bits per heavy atom. The Hall–Kier alpha value is -2.61. The number of carbonyl (C=O) groups is 2. The first-order valence-corrected chi connectivity index (χ1v) is 9.54. The van der Waals surface area contributed by atoms with Gasteiger partial charge in [0.15, 0.2) is 0 Å². The third-order valence-corrected chi connectivity index (χ3v) is 4.91. The van der Waals surface area contributed by atoms with E-state index in [-0.39, 0.29) is 28.3 Å². The van der Waals surface area contributed by atoms with Gasteiger partial charge in [0.1, 0.15) is 10.6 Å². The first kappa shape index (κ1) is 20.7. The van der Waals surface area contributed by atoms with Gasteiger partial charge in [0, 0.05) is 11.7 Å². The number of hydrogen-bond donors (Lipinski definition) is 2. The minimum Gasteiger partial charge on any atom is -0.465 e. The molecule has 0 unspecified atom stereocenters. The summed E-state index contributed by atoms with van der Waals surface area (Å²) in [6, 6.07) is 10.1. The molecule has 27 heavy (non-hydrogen) atoms. The van der Waals surface area contributed by atoms with Crippen LogP contribution in [0, 0.1) is 6.92 Å². The number of rotatable bonds is 8. The number of H-pyrrole nitrogens is 1. The second kappa shape index (κ2) is 9.91. The summed E-state index contributed by atoms with van der Waals surface area (Å²) in [5, 5.41) is 3.11. The molecule has 0 saturated carbocycles. The van der Waals surface area contributed by atoms with E-state index in [0.29, 0.717) is 5.69 Å². The van der Waals surface area contributed by atoms with Crippen LogP contribution in [0.1, 0.15) is 35.0 Å². The fourth-order valence-corrected chi connectivity index (χ4v) is 3.44. The minimum atomic E-state index is -0.601. The molecule has 8 heteroatoms. The molecule has 1 aromatic heterocycles. The van der Waals surface area contributed by atoms with E-state index in [9.17, 15) is 14.4 Å². The van der Waals surface area contributed by atoms with Gasteiger partial charge in [0.2, 0.25) is 5.91 Å². The summed E-state index contributed by atoms with van der Waals surface area (Å²) in [4.78, 5) is 42.0. The standard InChI is InChI=1S/C19H23N3O4S/c1-12(9-10-14-7-5-4-6-8-14)20-15(23)11-27-17-16(18(24)26-3)13(2)21-19(25)22-17/h4-8,12H,9-11H2,1-3H3,(H,20,23)(H,21,22,25)/t12-/m1/s1. The summed E-state index contributed by atoms with van der Waals surface area (Å²) >= 11 is 1.04. The molecule has 0 aliphatic rings. The second-order valence-corrected chi connectivity index (χ2v) is 7.08. The highest BCUT2D eigenvalue weighted by atomic mass is 32.2. The summed E-state index contributed by atoms with van der Waals surface area (Å²) in [6.45, 7) is 3.53. The zero-order valence-corrected chi connectivity index (χ0v) is 16.4. The molecule has 1 amide bonds. The fourth-order valence-electron chi connectivity index (χ4n) is 2.56. The van der Waals surface area contributed by atoms with E-state index in [4.69, 9.17) is 4.74 Å². The molecule has 1 heterocycles. The van der Waals surface area contributed by atoms with Gasteiger partial charge in [-0.15, -0.1) is 0 Å². The quantitative estimate of drug-likeness (QED) is 0.407. The minimum absolute atomic E-state index is 0.00672. The Balaban J connectivity index is 1.91. The molecule has 2 aromatic rings. The molecule has 2 N–H and O–H groups in total. The molecule has 2 rings (SSSR count). The fraction of sp³-hybridized carbons (Fsp3) is 0.368. The van der Waals surface area contributed by atoms with E-state index in [1.165, 1.54) is 12.7 Å². The Kier molecular flexibility index (Phi) is 7.60. The number of amides is 1.